The Labute approximate surface area is 150 Å². The number of benzene rings is 1. The van der Waals surface area contributed by atoms with Gasteiger partial charge in [0.05, 0.1) is 17.1 Å². The molecule has 0 spiro atoms. The quantitative estimate of drug-likeness (QED) is 0.727. The lowest BCUT2D eigenvalue weighted by Gasteiger charge is -2.29. The minimum absolute atomic E-state index is 0.00798. The zero-order chi connectivity index (χ0) is 17.9. The van der Waals surface area contributed by atoms with Gasteiger partial charge in [0.15, 0.2) is 0 Å². The number of rotatable bonds is 5. The summed E-state index contributed by atoms with van der Waals surface area (Å²) in [6.07, 6.45) is 7.44. The van der Waals surface area contributed by atoms with E-state index in [0.29, 0.717) is 19.0 Å². The molecule has 0 bridgehead atoms. The maximum absolute atomic E-state index is 12.3. The molecule has 0 unspecified atom stereocenters. The van der Waals surface area contributed by atoms with Crippen LogP contribution in [0.25, 0.3) is 11.0 Å². The normalized spacial score (nSPS) is 20.3. The molecule has 3 aromatic rings. The van der Waals surface area contributed by atoms with Gasteiger partial charge in [-0.15, -0.1) is 0 Å². The van der Waals surface area contributed by atoms with Crippen molar-refractivity contribution in [3.63, 3.8) is 0 Å². The number of hydrogen-bond donors (Lipinski definition) is 2. The number of carbonyl (C=O) groups excluding carboxylic acids is 1. The van der Waals surface area contributed by atoms with Crippen LogP contribution in [-0.2, 0) is 11.3 Å². The number of aromatic amines is 1. The first kappa shape index (κ1) is 16.6. The van der Waals surface area contributed by atoms with Crippen LogP contribution in [-0.4, -0.2) is 36.3 Å². The van der Waals surface area contributed by atoms with Crippen molar-refractivity contribution in [3.05, 3.63) is 47.4 Å². The third kappa shape index (κ3) is 3.40. The molecule has 0 radical (unpaired) electrons. The summed E-state index contributed by atoms with van der Waals surface area (Å²) in [5.41, 5.74) is 1.45. The number of H-pyrrole nitrogens is 1. The van der Waals surface area contributed by atoms with Crippen LogP contribution in [0.15, 0.2) is 41.7 Å². The average molecular weight is 354 g/mol. The largest absolute Gasteiger partial charge is 0.353 e. The zero-order valence-electron chi connectivity index (χ0n) is 14.5. The molecule has 26 heavy (non-hydrogen) atoms. The number of nitrogens with zero attached hydrogens (tertiary/aromatic N) is 4. The molecule has 0 aliphatic heterocycles. The van der Waals surface area contributed by atoms with E-state index in [0.717, 1.165) is 36.7 Å². The van der Waals surface area contributed by atoms with Crippen LogP contribution in [0.2, 0.25) is 0 Å². The summed E-state index contributed by atoms with van der Waals surface area (Å²) in [5, 5.41) is 7.30. The van der Waals surface area contributed by atoms with Crippen LogP contribution in [0, 0.1) is 0 Å². The number of aryl methyl sites for hydroxylation is 1. The Hall–Kier alpha value is -2.90. The Kier molecular flexibility index (Phi) is 4.55. The fourth-order valence-electron chi connectivity index (χ4n) is 3.73. The van der Waals surface area contributed by atoms with E-state index < -0.39 is 0 Å². The minimum atomic E-state index is -0.174. The van der Waals surface area contributed by atoms with Gasteiger partial charge in [0.25, 0.3) is 0 Å². The standard InChI is InChI=1S/C18H22N6O2/c25-17(9-10-23-16-4-2-1-3-15(16)22-18(23)26)21-13-5-7-14(8-6-13)24-12-19-11-20-24/h1-4,11-14H,5-10H2,(H,21,25)(H,22,26). The molecule has 8 heteroatoms. The van der Waals surface area contributed by atoms with E-state index in [2.05, 4.69) is 20.4 Å². The van der Waals surface area contributed by atoms with Crippen molar-refractivity contribution in [2.75, 3.05) is 0 Å². The average Bonchev–Trinajstić information content (AvgIpc) is 3.28. The van der Waals surface area contributed by atoms with Gasteiger partial charge in [-0.05, 0) is 37.8 Å². The van der Waals surface area contributed by atoms with Crippen molar-refractivity contribution >= 4 is 16.9 Å². The van der Waals surface area contributed by atoms with Crippen LogP contribution in [0.1, 0.15) is 38.1 Å². The number of nitrogens with one attached hydrogen (secondary N) is 2. The summed E-state index contributed by atoms with van der Waals surface area (Å²) in [6.45, 7) is 0.378. The Balaban J connectivity index is 1.29. The van der Waals surface area contributed by atoms with Crippen LogP contribution >= 0.6 is 0 Å². The second kappa shape index (κ2) is 7.15. The summed E-state index contributed by atoms with van der Waals surface area (Å²) in [7, 11) is 0. The lowest BCUT2D eigenvalue weighted by molar-refractivity contribution is -0.122. The Morgan fingerprint density at radius 1 is 1.23 bits per heavy atom. The first-order chi connectivity index (χ1) is 12.7. The number of hydrogen-bond acceptors (Lipinski definition) is 4. The monoisotopic (exact) mass is 354 g/mol. The fourth-order valence-corrected chi connectivity index (χ4v) is 3.73. The van der Waals surface area contributed by atoms with Crippen molar-refractivity contribution in [2.24, 2.45) is 0 Å². The SMILES string of the molecule is O=C(CCn1c(=O)[nH]c2ccccc21)NC1CCC(n2cncn2)CC1. The molecular formula is C18H22N6O2. The number of carbonyl (C=O) groups is 1. The summed E-state index contributed by atoms with van der Waals surface area (Å²) in [4.78, 5) is 31.2. The number of fused-ring (bicyclic) bond motifs is 1. The van der Waals surface area contributed by atoms with Crippen molar-refractivity contribution in [3.8, 4) is 0 Å². The molecule has 0 atom stereocenters. The van der Waals surface area contributed by atoms with E-state index in [1.54, 1.807) is 17.2 Å². The maximum Gasteiger partial charge on any atom is 0.326 e. The maximum atomic E-state index is 12.3. The molecule has 4 rings (SSSR count). The predicted molar refractivity (Wildman–Crippen MR) is 96.6 cm³/mol. The van der Waals surface area contributed by atoms with E-state index in [1.165, 1.54) is 0 Å². The highest BCUT2D eigenvalue weighted by atomic mass is 16.2. The summed E-state index contributed by atoms with van der Waals surface area (Å²) in [5.74, 6) is -0.00798. The van der Waals surface area contributed by atoms with Crippen molar-refractivity contribution < 1.29 is 4.79 Å². The van der Waals surface area contributed by atoms with Gasteiger partial charge in [-0.2, -0.15) is 5.10 Å². The third-order valence-corrected chi connectivity index (χ3v) is 5.12. The fraction of sp³-hybridized carbons (Fsp3) is 0.444. The molecule has 1 aliphatic rings. The molecule has 0 saturated heterocycles. The van der Waals surface area contributed by atoms with Gasteiger partial charge in [-0.1, -0.05) is 12.1 Å². The first-order valence-corrected chi connectivity index (χ1v) is 9.02. The Morgan fingerprint density at radius 3 is 2.81 bits per heavy atom. The van der Waals surface area contributed by atoms with E-state index in [1.807, 2.05) is 28.9 Å². The summed E-state index contributed by atoms with van der Waals surface area (Å²) >= 11 is 0. The molecule has 2 N–H and O–H groups in total. The second-order valence-corrected chi connectivity index (χ2v) is 6.80. The molecule has 136 valence electrons. The minimum Gasteiger partial charge on any atom is -0.353 e. The van der Waals surface area contributed by atoms with E-state index in [9.17, 15) is 9.59 Å². The Morgan fingerprint density at radius 2 is 2.04 bits per heavy atom. The van der Waals surface area contributed by atoms with Gasteiger partial charge in [0.1, 0.15) is 12.7 Å². The van der Waals surface area contributed by atoms with E-state index >= 15 is 0 Å². The molecule has 1 amide bonds. The van der Waals surface area contributed by atoms with Crippen LogP contribution in [0.5, 0.6) is 0 Å². The smallest absolute Gasteiger partial charge is 0.326 e. The molecule has 2 aromatic heterocycles. The molecule has 1 fully saturated rings. The first-order valence-electron chi connectivity index (χ1n) is 9.02. The molecule has 1 aromatic carbocycles. The lowest BCUT2D eigenvalue weighted by Crippen LogP contribution is -2.38. The predicted octanol–water partition coefficient (Wildman–Crippen LogP) is 1.61. The van der Waals surface area contributed by atoms with Crippen LogP contribution < -0.4 is 11.0 Å². The number of para-hydroxylation sites is 2. The van der Waals surface area contributed by atoms with Gasteiger partial charge in [0, 0.05) is 19.0 Å². The molecule has 2 heterocycles. The zero-order valence-corrected chi connectivity index (χ0v) is 14.5. The highest BCUT2D eigenvalue weighted by molar-refractivity contribution is 5.77. The van der Waals surface area contributed by atoms with Crippen molar-refractivity contribution in [2.45, 2.75) is 50.7 Å². The number of amides is 1. The molecule has 1 aliphatic carbocycles. The van der Waals surface area contributed by atoms with Gasteiger partial charge in [0.2, 0.25) is 5.91 Å². The highest BCUT2D eigenvalue weighted by Crippen LogP contribution is 2.27. The second-order valence-electron chi connectivity index (χ2n) is 6.80. The number of imidazole rings is 1. The topological polar surface area (TPSA) is 97.6 Å². The van der Waals surface area contributed by atoms with Gasteiger partial charge >= 0.3 is 5.69 Å². The van der Waals surface area contributed by atoms with Gasteiger partial charge in [-0.3, -0.25) is 9.36 Å². The van der Waals surface area contributed by atoms with E-state index in [4.69, 9.17) is 0 Å². The molecular weight excluding hydrogens is 332 g/mol. The summed E-state index contributed by atoms with van der Waals surface area (Å²) < 4.78 is 3.53. The van der Waals surface area contributed by atoms with Gasteiger partial charge in [-0.25, -0.2) is 14.5 Å². The lowest BCUT2D eigenvalue weighted by atomic mass is 9.91. The third-order valence-electron chi connectivity index (χ3n) is 5.12. The van der Waals surface area contributed by atoms with Crippen molar-refractivity contribution in [1.82, 2.24) is 29.6 Å². The number of aromatic nitrogens is 5. The van der Waals surface area contributed by atoms with Crippen LogP contribution in [0.4, 0.5) is 0 Å². The molecule has 8 nitrogen and oxygen atoms in total. The Bertz CT molecular complexity index is 934. The summed E-state index contributed by atoms with van der Waals surface area (Å²) in [6, 6.07) is 8.08. The van der Waals surface area contributed by atoms with Crippen LogP contribution in [0.3, 0.4) is 0 Å². The highest BCUT2D eigenvalue weighted by Gasteiger charge is 2.23. The van der Waals surface area contributed by atoms with Gasteiger partial charge < -0.3 is 10.3 Å². The molecule has 1 saturated carbocycles. The van der Waals surface area contributed by atoms with Crippen molar-refractivity contribution in [1.29, 1.82) is 0 Å². The van der Waals surface area contributed by atoms with E-state index in [-0.39, 0.29) is 17.6 Å².